The van der Waals surface area contributed by atoms with Gasteiger partial charge in [0.2, 0.25) is 0 Å². The highest BCUT2D eigenvalue weighted by atomic mass is 19.1. The quantitative estimate of drug-likeness (QED) is 0.398. The molecule has 0 radical (unpaired) electrons. The van der Waals surface area contributed by atoms with Crippen molar-refractivity contribution in [1.82, 2.24) is 4.90 Å². The van der Waals surface area contributed by atoms with Gasteiger partial charge in [0, 0.05) is 37.2 Å². The van der Waals surface area contributed by atoms with Gasteiger partial charge in [0.15, 0.2) is 0 Å². The Hall–Kier alpha value is -2.89. The summed E-state index contributed by atoms with van der Waals surface area (Å²) in [5, 5.41) is 10.1. The molecule has 5 heteroatoms. The number of hydrogen-bond acceptors (Lipinski definition) is 4. The first kappa shape index (κ1) is 25.7. The van der Waals surface area contributed by atoms with Crippen LogP contribution in [0.4, 0.5) is 10.1 Å². The standard InChI is InChI=1S/C32H39FN2O2/c1-3-34(4-2)20-23-15-17-35(18-16-23)28-11-7-25(8-12-28)32-30-14-13-29(36)19-26(30)21-37-22-31(32)24-5-9-27(33)10-6-24/h5-14,19,23,31-32,36H,3-4,15-18,20-22H2,1-2H3. The Balaban J connectivity index is 1.39. The van der Waals surface area contributed by atoms with Crippen LogP contribution in [0.2, 0.25) is 0 Å². The molecule has 2 heterocycles. The third-order valence-electron chi connectivity index (χ3n) is 8.36. The molecule has 1 fully saturated rings. The number of aromatic hydroxyl groups is 1. The number of rotatable bonds is 7. The van der Waals surface area contributed by atoms with E-state index in [2.05, 4.69) is 47.9 Å². The van der Waals surface area contributed by atoms with Crippen molar-refractivity contribution in [1.29, 1.82) is 0 Å². The summed E-state index contributed by atoms with van der Waals surface area (Å²) in [6.45, 7) is 11.2. The van der Waals surface area contributed by atoms with Gasteiger partial charge in [-0.25, -0.2) is 4.39 Å². The number of fused-ring (bicyclic) bond motifs is 1. The smallest absolute Gasteiger partial charge is 0.123 e. The summed E-state index contributed by atoms with van der Waals surface area (Å²) in [7, 11) is 0. The van der Waals surface area contributed by atoms with Crippen molar-refractivity contribution in [2.45, 2.75) is 45.1 Å². The summed E-state index contributed by atoms with van der Waals surface area (Å²) in [6, 6.07) is 21.4. The van der Waals surface area contributed by atoms with Crippen LogP contribution in [0.5, 0.6) is 5.75 Å². The number of nitrogens with zero attached hydrogens (tertiary/aromatic N) is 2. The number of benzene rings is 3. The lowest BCUT2D eigenvalue weighted by molar-refractivity contribution is 0.111. The number of ether oxygens (including phenoxy) is 1. The van der Waals surface area contributed by atoms with E-state index >= 15 is 0 Å². The van der Waals surface area contributed by atoms with Crippen LogP contribution in [0.15, 0.2) is 66.7 Å². The molecule has 0 saturated carbocycles. The van der Waals surface area contributed by atoms with Crippen LogP contribution in [-0.4, -0.2) is 49.3 Å². The molecule has 0 spiro atoms. The fourth-order valence-electron chi connectivity index (χ4n) is 6.15. The first-order valence-corrected chi connectivity index (χ1v) is 13.8. The molecule has 4 nitrogen and oxygen atoms in total. The van der Waals surface area contributed by atoms with Crippen LogP contribution < -0.4 is 4.90 Å². The molecule has 3 aromatic carbocycles. The van der Waals surface area contributed by atoms with Gasteiger partial charge in [-0.2, -0.15) is 0 Å². The predicted molar refractivity (Wildman–Crippen MR) is 148 cm³/mol. The van der Waals surface area contributed by atoms with E-state index in [4.69, 9.17) is 4.74 Å². The first-order valence-electron chi connectivity index (χ1n) is 13.8. The molecule has 1 N–H and O–H groups in total. The van der Waals surface area contributed by atoms with Gasteiger partial charge < -0.3 is 19.6 Å². The Morgan fingerprint density at radius 3 is 2.27 bits per heavy atom. The van der Waals surface area contributed by atoms with Crippen LogP contribution >= 0.6 is 0 Å². The SMILES string of the molecule is CCN(CC)CC1CCN(c2ccc(C3c4ccc(O)cc4COCC3c3ccc(F)cc3)cc2)CC1. The second-order valence-corrected chi connectivity index (χ2v) is 10.5. The number of anilines is 1. The third kappa shape index (κ3) is 5.83. The number of phenols is 1. The molecule has 2 aliphatic heterocycles. The maximum absolute atomic E-state index is 13.7. The van der Waals surface area contributed by atoms with Crippen molar-refractivity contribution in [3.8, 4) is 5.75 Å². The Morgan fingerprint density at radius 2 is 1.59 bits per heavy atom. The average molecular weight is 503 g/mol. The summed E-state index contributed by atoms with van der Waals surface area (Å²) in [6.07, 6.45) is 2.48. The minimum absolute atomic E-state index is 0.0491. The van der Waals surface area contributed by atoms with Crippen molar-refractivity contribution in [3.63, 3.8) is 0 Å². The van der Waals surface area contributed by atoms with E-state index in [9.17, 15) is 9.50 Å². The Labute approximate surface area is 220 Å². The molecule has 5 rings (SSSR count). The molecule has 0 bridgehead atoms. The van der Waals surface area contributed by atoms with Crippen molar-refractivity contribution in [3.05, 3.63) is 94.8 Å². The number of phenolic OH excluding ortho intramolecular Hbond substituents is 1. The number of halogens is 1. The Kier molecular flexibility index (Phi) is 8.11. The zero-order chi connectivity index (χ0) is 25.8. The van der Waals surface area contributed by atoms with Gasteiger partial charge in [-0.05, 0) is 90.5 Å². The molecular weight excluding hydrogens is 463 g/mol. The van der Waals surface area contributed by atoms with Crippen molar-refractivity contribution >= 4 is 5.69 Å². The maximum atomic E-state index is 13.7. The van der Waals surface area contributed by atoms with Crippen molar-refractivity contribution in [2.24, 2.45) is 5.92 Å². The van der Waals surface area contributed by atoms with Gasteiger partial charge >= 0.3 is 0 Å². The van der Waals surface area contributed by atoms with Crippen LogP contribution in [-0.2, 0) is 11.3 Å². The lowest BCUT2D eigenvalue weighted by Gasteiger charge is -2.36. The van der Waals surface area contributed by atoms with Gasteiger partial charge in [-0.3, -0.25) is 0 Å². The van der Waals surface area contributed by atoms with E-state index in [1.54, 1.807) is 6.07 Å². The van der Waals surface area contributed by atoms with Crippen molar-refractivity contribution < 1.29 is 14.2 Å². The van der Waals surface area contributed by atoms with Crippen molar-refractivity contribution in [2.75, 3.05) is 44.2 Å². The molecule has 0 aromatic heterocycles. The minimum Gasteiger partial charge on any atom is -0.508 e. The lowest BCUT2D eigenvalue weighted by Crippen LogP contribution is -2.38. The van der Waals surface area contributed by atoms with Crippen LogP contribution in [0, 0.1) is 11.7 Å². The molecular formula is C32H39FN2O2. The summed E-state index contributed by atoms with van der Waals surface area (Å²) >= 11 is 0. The van der Waals surface area contributed by atoms with Crippen LogP contribution in [0.25, 0.3) is 0 Å². The van der Waals surface area contributed by atoms with Crippen LogP contribution in [0.1, 0.15) is 60.8 Å². The van der Waals surface area contributed by atoms with E-state index in [-0.39, 0.29) is 23.4 Å². The fourth-order valence-corrected chi connectivity index (χ4v) is 6.15. The first-order chi connectivity index (χ1) is 18.1. The third-order valence-corrected chi connectivity index (χ3v) is 8.36. The monoisotopic (exact) mass is 502 g/mol. The highest BCUT2D eigenvalue weighted by Crippen LogP contribution is 2.43. The second-order valence-electron chi connectivity index (χ2n) is 10.5. The van der Waals surface area contributed by atoms with E-state index in [0.29, 0.717) is 13.2 Å². The molecule has 196 valence electrons. The largest absolute Gasteiger partial charge is 0.508 e. The van der Waals surface area contributed by atoms with Gasteiger partial charge in [0.25, 0.3) is 0 Å². The van der Waals surface area contributed by atoms with Gasteiger partial charge in [0.05, 0.1) is 13.2 Å². The summed E-state index contributed by atoms with van der Waals surface area (Å²) in [4.78, 5) is 5.06. The van der Waals surface area contributed by atoms with E-state index in [0.717, 1.165) is 48.8 Å². The molecule has 0 aliphatic carbocycles. The molecule has 3 aromatic rings. The van der Waals surface area contributed by atoms with Gasteiger partial charge in [-0.15, -0.1) is 0 Å². The minimum atomic E-state index is -0.231. The van der Waals surface area contributed by atoms with Gasteiger partial charge in [0.1, 0.15) is 11.6 Å². The maximum Gasteiger partial charge on any atom is 0.123 e. The lowest BCUT2D eigenvalue weighted by atomic mass is 9.76. The van der Waals surface area contributed by atoms with Crippen LogP contribution in [0.3, 0.4) is 0 Å². The summed E-state index contributed by atoms with van der Waals surface area (Å²) in [5.41, 5.74) is 5.72. The summed E-state index contributed by atoms with van der Waals surface area (Å²) in [5.74, 6) is 0.905. The summed E-state index contributed by atoms with van der Waals surface area (Å²) < 4.78 is 19.8. The van der Waals surface area contributed by atoms with E-state index < -0.39 is 0 Å². The zero-order valence-electron chi connectivity index (χ0n) is 22.1. The molecule has 37 heavy (non-hydrogen) atoms. The zero-order valence-corrected chi connectivity index (χ0v) is 22.1. The topological polar surface area (TPSA) is 35.9 Å². The Bertz CT molecular complexity index is 1150. The fraction of sp³-hybridized carbons (Fsp3) is 0.438. The highest BCUT2D eigenvalue weighted by Gasteiger charge is 2.31. The second kappa shape index (κ2) is 11.7. The van der Waals surface area contributed by atoms with E-state index in [1.165, 1.54) is 42.8 Å². The Morgan fingerprint density at radius 1 is 0.919 bits per heavy atom. The predicted octanol–water partition coefficient (Wildman–Crippen LogP) is 6.54. The molecule has 2 unspecified atom stereocenters. The average Bonchev–Trinajstić information content (AvgIpc) is 3.12. The molecule has 2 aliphatic rings. The highest BCUT2D eigenvalue weighted by molar-refractivity contribution is 5.52. The van der Waals surface area contributed by atoms with Gasteiger partial charge in [-0.1, -0.05) is 44.2 Å². The number of hydrogen-bond donors (Lipinski definition) is 1. The molecule has 0 amide bonds. The molecule has 1 saturated heterocycles. The molecule has 2 atom stereocenters. The van der Waals surface area contributed by atoms with E-state index in [1.807, 2.05) is 24.3 Å². The number of piperidine rings is 1. The normalized spacial score (nSPS) is 20.6.